The summed E-state index contributed by atoms with van der Waals surface area (Å²) in [6.45, 7) is 0.398. The maximum absolute atomic E-state index is 12.4. The molecule has 0 aliphatic carbocycles. The first kappa shape index (κ1) is 9.07. The van der Waals surface area contributed by atoms with E-state index in [2.05, 4.69) is 0 Å². The van der Waals surface area contributed by atoms with E-state index in [0.29, 0.717) is 12.4 Å². The maximum atomic E-state index is 12.4. The van der Waals surface area contributed by atoms with Crippen LogP contribution in [0.3, 0.4) is 0 Å². The summed E-state index contributed by atoms with van der Waals surface area (Å²) >= 11 is 5.27. The number of hydrogen-bond donors (Lipinski definition) is 0. The van der Waals surface area contributed by atoms with Crippen LogP contribution in [0, 0.1) is 5.82 Å². The second kappa shape index (κ2) is 4.78. The fraction of sp³-hybridized carbons (Fsp3) is 0.111. The smallest absolute Gasteiger partial charge is 0.123 e. The van der Waals surface area contributed by atoms with Gasteiger partial charge < -0.3 is 4.74 Å². The van der Waals surface area contributed by atoms with E-state index in [1.807, 2.05) is 0 Å². The molecule has 3 heteroatoms. The van der Waals surface area contributed by atoms with E-state index in [-0.39, 0.29) is 5.82 Å². The van der Waals surface area contributed by atoms with Crippen molar-refractivity contribution in [3.8, 4) is 5.75 Å². The van der Waals surface area contributed by atoms with Crippen LogP contribution in [0.25, 0.3) is 0 Å². The molecule has 0 heterocycles. The topological polar surface area (TPSA) is 9.23 Å². The van der Waals surface area contributed by atoms with E-state index in [1.54, 1.807) is 18.2 Å². The lowest BCUT2D eigenvalue weighted by molar-refractivity contribution is 0.362. The number of rotatable bonds is 3. The van der Waals surface area contributed by atoms with Crippen LogP contribution >= 0.6 is 11.6 Å². The van der Waals surface area contributed by atoms with E-state index in [0.717, 1.165) is 0 Å². The van der Waals surface area contributed by atoms with Crippen LogP contribution < -0.4 is 4.74 Å². The summed E-state index contributed by atoms with van der Waals surface area (Å²) in [7, 11) is 0. The fourth-order valence-electron chi connectivity index (χ4n) is 0.712. The van der Waals surface area contributed by atoms with Crippen LogP contribution in [-0.4, -0.2) is 6.61 Å². The molecular formula is C9H8ClFO. The third kappa shape index (κ3) is 2.93. The second-order valence-electron chi connectivity index (χ2n) is 2.13. The molecule has 0 bridgehead atoms. The molecule has 0 aliphatic heterocycles. The van der Waals surface area contributed by atoms with Crippen LogP contribution in [0.15, 0.2) is 35.9 Å². The largest absolute Gasteiger partial charge is 0.489 e. The number of hydrogen-bond acceptors (Lipinski definition) is 1. The lowest BCUT2D eigenvalue weighted by atomic mass is 10.3. The van der Waals surface area contributed by atoms with Crippen molar-refractivity contribution in [2.24, 2.45) is 0 Å². The first-order valence-corrected chi connectivity index (χ1v) is 3.90. The highest BCUT2D eigenvalue weighted by atomic mass is 35.5. The van der Waals surface area contributed by atoms with Crippen LogP contribution in [0.2, 0.25) is 0 Å². The quantitative estimate of drug-likeness (QED) is 0.705. The SMILES string of the molecule is Fc1ccc(OCC=CCl)cc1. The normalized spacial score (nSPS) is 10.5. The highest BCUT2D eigenvalue weighted by molar-refractivity contribution is 6.25. The van der Waals surface area contributed by atoms with E-state index in [1.165, 1.54) is 17.7 Å². The number of halogens is 2. The summed E-state index contributed by atoms with van der Waals surface area (Å²) in [6, 6.07) is 5.83. The van der Waals surface area contributed by atoms with Gasteiger partial charge in [-0.25, -0.2) is 4.39 Å². The molecule has 12 heavy (non-hydrogen) atoms. The van der Waals surface area contributed by atoms with Gasteiger partial charge in [0, 0.05) is 5.54 Å². The van der Waals surface area contributed by atoms with Gasteiger partial charge in [0.25, 0.3) is 0 Å². The molecule has 0 N–H and O–H groups in total. The predicted octanol–water partition coefficient (Wildman–Crippen LogP) is 2.96. The van der Waals surface area contributed by atoms with Crippen molar-refractivity contribution >= 4 is 11.6 Å². The minimum atomic E-state index is -0.268. The van der Waals surface area contributed by atoms with E-state index < -0.39 is 0 Å². The van der Waals surface area contributed by atoms with Gasteiger partial charge in [-0.3, -0.25) is 0 Å². The summed E-state index contributed by atoms with van der Waals surface area (Å²) in [5, 5.41) is 0. The molecule has 0 unspecified atom stereocenters. The zero-order chi connectivity index (χ0) is 8.81. The molecule has 0 fully saturated rings. The van der Waals surface area contributed by atoms with Gasteiger partial charge in [-0.1, -0.05) is 11.6 Å². The minimum absolute atomic E-state index is 0.268. The van der Waals surface area contributed by atoms with E-state index in [4.69, 9.17) is 16.3 Å². The average molecular weight is 187 g/mol. The Morgan fingerprint density at radius 2 is 2.00 bits per heavy atom. The fourth-order valence-corrected chi connectivity index (χ4v) is 0.784. The molecule has 0 aliphatic rings. The van der Waals surface area contributed by atoms with Crippen molar-refractivity contribution in [2.45, 2.75) is 0 Å². The van der Waals surface area contributed by atoms with E-state index >= 15 is 0 Å². The molecule has 0 radical (unpaired) electrons. The highest BCUT2D eigenvalue weighted by Gasteiger charge is 1.91. The Balaban J connectivity index is 2.47. The maximum Gasteiger partial charge on any atom is 0.123 e. The van der Waals surface area contributed by atoms with Gasteiger partial charge in [-0.05, 0) is 30.3 Å². The lowest BCUT2D eigenvalue weighted by Crippen LogP contribution is -1.92. The molecule has 1 rings (SSSR count). The summed E-state index contributed by atoms with van der Waals surface area (Å²) in [5.74, 6) is 0.362. The minimum Gasteiger partial charge on any atom is -0.489 e. The monoisotopic (exact) mass is 186 g/mol. The van der Waals surface area contributed by atoms with Crippen molar-refractivity contribution in [1.29, 1.82) is 0 Å². The third-order valence-electron chi connectivity index (χ3n) is 1.25. The van der Waals surface area contributed by atoms with Crippen molar-refractivity contribution in [2.75, 3.05) is 6.61 Å². The Bertz CT molecular complexity index is 256. The summed E-state index contributed by atoms with van der Waals surface area (Å²) < 4.78 is 17.5. The van der Waals surface area contributed by atoms with Crippen molar-refractivity contribution in [1.82, 2.24) is 0 Å². The molecule has 0 saturated carbocycles. The standard InChI is InChI=1S/C9H8ClFO/c10-6-1-7-12-9-4-2-8(11)3-5-9/h1-6H,7H2. The van der Waals surface area contributed by atoms with Gasteiger partial charge in [-0.15, -0.1) is 0 Å². The van der Waals surface area contributed by atoms with Crippen molar-refractivity contribution < 1.29 is 9.13 Å². The molecular weight excluding hydrogens is 179 g/mol. The van der Waals surface area contributed by atoms with Gasteiger partial charge in [0.15, 0.2) is 0 Å². The van der Waals surface area contributed by atoms with Crippen LogP contribution in [0.1, 0.15) is 0 Å². The summed E-state index contributed by atoms with van der Waals surface area (Å²) in [5.41, 5.74) is 1.38. The molecule has 0 aromatic heterocycles. The van der Waals surface area contributed by atoms with Gasteiger partial charge in [0.2, 0.25) is 0 Å². The Hall–Kier alpha value is -1.02. The Morgan fingerprint density at radius 1 is 1.33 bits per heavy atom. The van der Waals surface area contributed by atoms with Gasteiger partial charge >= 0.3 is 0 Å². The molecule has 64 valence electrons. The molecule has 1 aromatic carbocycles. The first-order chi connectivity index (χ1) is 5.83. The Labute approximate surface area is 75.4 Å². The van der Waals surface area contributed by atoms with Crippen molar-refractivity contribution in [3.05, 3.63) is 41.7 Å². The third-order valence-corrected chi connectivity index (χ3v) is 1.43. The predicted molar refractivity (Wildman–Crippen MR) is 46.9 cm³/mol. The highest BCUT2D eigenvalue weighted by Crippen LogP contribution is 2.10. The zero-order valence-electron chi connectivity index (χ0n) is 6.34. The molecule has 0 spiro atoms. The van der Waals surface area contributed by atoms with Gasteiger partial charge in [0.1, 0.15) is 18.2 Å². The van der Waals surface area contributed by atoms with Gasteiger partial charge in [0.05, 0.1) is 0 Å². The summed E-state index contributed by atoms with van der Waals surface area (Å²) in [4.78, 5) is 0. The molecule has 0 saturated heterocycles. The first-order valence-electron chi connectivity index (χ1n) is 3.46. The number of benzene rings is 1. The second-order valence-corrected chi connectivity index (χ2v) is 2.38. The van der Waals surface area contributed by atoms with Crippen LogP contribution in [0.4, 0.5) is 4.39 Å². The zero-order valence-corrected chi connectivity index (χ0v) is 7.09. The summed E-state index contributed by atoms with van der Waals surface area (Å²) in [6.07, 6.45) is 1.66. The Morgan fingerprint density at radius 3 is 2.58 bits per heavy atom. The molecule has 1 aromatic rings. The van der Waals surface area contributed by atoms with Gasteiger partial charge in [-0.2, -0.15) is 0 Å². The molecule has 0 amide bonds. The molecule has 0 atom stereocenters. The van der Waals surface area contributed by atoms with Crippen LogP contribution in [-0.2, 0) is 0 Å². The molecule has 1 nitrogen and oxygen atoms in total. The number of ether oxygens (including phenoxy) is 1. The lowest BCUT2D eigenvalue weighted by Gasteiger charge is -2.01. The van der Waals surface area contributed by atoms with Crippen molar-refractivity contribution in [3.63, 3.8) is 0 Å². The average Bonchev–Trinajstić information content (AvgIpc) is 2.09. The Kier molecular flexibility index (Phi) is 3.61. The van der Waals surface area contributed by atoms with E-state index in [9.17, 15) is 4.39 Å². The van der Waals surface area contributed by atoms with Crippen LogP contribution in [0.5, 0.6) is 5.75 Å².